The third kappa shape index (κ3) is 3.13. The van der Waals surface area contributed by atoms with Gasteiger partial charge in [0, 0.05) is 27.1 Å². The van der Waals surface area contributed by atoms with Crippen molar-refractivity contribution >= 4 is 11.4 Å². The normalized spacial score (nSPS) is 12.7. The Kier molecular flexibility index (Phi) is 4.00. The van der Waals surface area contributed by atoms with Crippen molar-refractivity contribution in [2.45, 2.75) is 12.8 Å². The highest BCUT2D eigenvalue weighted by Gasteiger charge is 2.11. The van der Waals surface area contributed by atoms with Crippen LogP contribution >= 0.6 is 0 Å². The molecule has 0 atom stereocenters. The van der Waals surface area contributed by atoms with E-state index in [4.69, 9.17) is 4.74 Å². The Morgan fingerprint density at radius 1 is 1.14 bits per heavy atom. The third-order valence-corrected chi connectivity index (χ3v) is 3.87. The Morgan fingerprint density at radius 2 is 2.00 bits per heavy atom. The van der Waals surface area contributed by atoms with Crippen LogP contribution in [0, 0.1) is 0 Å². The van der Waals surface area contributed by atoms with Crippen molar-refractivity contribution in [2.75, 3.05) is 37.5 Å². The van der Waals surface area contributed by atoms with E-state index in [-0.39, 0.29) is 0 Å². The van der Waals surface area contributed by atoms with Gasteiger partial charge < -0.3 is 15.0 Å². The first-order valence-electron chi connectivity index (χ1n) is 7.49. The minimum absolute atomic E-state index is 0.827. The number of hydrogen-bond donors (Lipinski definition) is 1. The summed E-state index contributed by atoms with van der Waals surface area (Å²) in [4.78, 5) is 2.13. The molecule has 0 saturated carbocycles. The topological polar surface area (TPSA) is 24.5 Å². The van der Waals surface area contributed by atoms with Gasteiger partial charge in [0.05, 0.1) is 18.0 Å². The van der Waals surface area contributed by atoms with Gasteiger partial charge in [-0.1, -0.05) is 24.3 Å². The minimum atomic E-state index is 0.827. The van der Waals surface area contributed by atoms with Crippen molar-refractivity contribution in [1.82, 2.24) is 0 Å². The molecular weight excluding hydrogens is 260 g/mol. The van der Waals surface area contributed by atoms with Gasteiger partial charge in [-0.25, -0.2) is 0 Å². The van der Waals surface area contributed by atoms with Gasteiger partial charge in [-0.3, -0.25) is 0 Å². The van der Waals surface area contributed by atoms with E-state index in [0.29, 0.717) is 0 Å². The second kappa shape index (κ2) is 6.08. The molecule has 0 saturated heterocycles. The second-order valence-corrected chi connectivity index (χ2v) is 5.63. The van der Waals surface area contributed by atoms with Crippen molar-refractivity contribution in [1.29, 1.82) is 0 Å². The summed E-state index contributed by atoms with van der Waals surface area (Å²) in [5.74, 6) is 1.06. The van der Waals surface area contributed by atoms with Crippen LogP contribution in [0.25, 0.3) is 0 Å². The van der Waals surface area contributed by atoms with E-state index in [0.717, 1.165) is 31.7 Å². The van der Waals surface area contributed by atoms with Gasteiger partial charge in [0.25, 0.3) is 0 Å². The Bertz CT molecular complexity index is 622. The van der Waals surface area contributed by atoms with Crippen molar-refractivity contribution in [3.05, 3.63) is 53.6 Å². The summed E-state index contributed by atoms with van der Waals surface area (Å²) in [6.07, 6.45) is 2.06. The van der Waals surface area contributed by atoms with Crippen LogP contribution in [0.3, 0.4) is 0 Å². The standard InChI is InChI=1S/C18H22N2O/c1-20(2)17-6-4-3-5-16(17)19-11-9-14-7-8-18-15(13-14)10-12-21-18/h3-8,13,19H,9-12H2,1-2H3. The molecule has 0 spiro atoms. The number of ether oxygens (including phenoxy) is 1. The maximum absolute atomic E-state index is 5.55. The molecule has 2 aromatic carbocycles. The molecule has 0 aliphatic carbocycles. The first-order chi connectivity index (χ1) is 10.2. The number of para-hydroxylation sites is 2. The molecule has 1 aliphatic heterocycles. The molecule has 21 heavy (non-hydrogen) atoms. The summed E-state index contributed by atoms with van der Waals surface area (Å²) in [6, 6.07) is 15.0. The summed E-state index contributed by atoms with van der Waals surface area (Å²) in [6.45, 7) is 1.76. The smallest absolute Gasteiger partial charge is 0.122 e. The van der Waals surface area contributed by atoms with Crippen LogP contribution < -0.4 is 15.0 Å². The van der Waals surface area contributed by atoms with E-state index in [9.17, 15) is 0 Å². The number of nitrogens with one attached hydrogen (secondary N) is 1. The molecule has 2 aromatic rings. The highest BCUT2D eigenvalue weighted by Crippen LogP contribution is 2.26. The van der Waals surface area contributed by atoms with E-state index in [1.54, 1.807) is 0 Å². The van der Waals surface area contributed by atoms with Crippen molar-refractivity contribution < 1.29 is 4.74 Å². The Labute approximate surface area is 126 Å². The fraction of sp³-hybridized carbons (Fsp3) is 0.333. The van der Waals surface area contributed by atoms with E-state index in [1.165, 1.54) is 22.5 Å². The van der Waals surface area contributed by atoms with Crippen LogP contribution in [-0.4, -0.2) is 27.2 Å². The van der Waals surface area contributed by atoms with E-state index >= 15 is 0 Å². The fourth-order valence-electron chi connectivity index (χ4n) is 2.75. The van der Waals surface area contributed by atoms with Gasteiger partial charge in [-0.15, -0.1) is 0 Å². The van der Waals surface area contributed by atoms with Crippen molar-refractivity contribution in [3.8, 4) is 5.75 Å². The molecule has 0 fully saturated rings. The predicted octanol–water partition coefficient (Wildman–Crippen LogP) is 3.34. The summed E-state index contributed by atoms with van der Waals surface area (Å²) < 4.78 is 5.55. The quantitative estimate of drug-likeness (QED) is 0.910. The molecule has 0 radical (unpaired) electrons. The zero-order chi connectivity index (χ0) is 14.7. The van der Waals surface area contributed by atoms with E-state index < -0.39 is 0 Å². The van der Waals surface area contributed by atoms with Gasteiger partial charge in [0.2, 0.25) is 0 Å². The molecule has 0 aromatic heterocycles. The largest absolute Gasteiger partial charge is 0.493 e. The van der Waals surface area contributed by atoms with Gasteiger partial charge in [0.15, 0.2) is 0 Å². The average molecular weight is 282 g/mol. The first kappa shape index (κ1) is 13.8. The van der Waals surface area contributed by atoms with Gasteiger partial charge in [-0.05, 0) is 35.7 Å². The SMILES string of the molecule is CN(C)c1ccccc1NCCc1ccc2c(c1)CCO2. The third-order valence-electron chi connectivity index (χ3n) is 3.87. The number of hydrogen-bond acceptors (Lipinski definition) is 3. The summed E-state index contributed by atoms with van der Waals surface area (Å²) in [5.41, 5.74) is 5.13. The second-order valence-electron chi connectivity index (χ2n) is 5.63. The molecule has 3 heteroatoms. The molecule has 3 nitrogen and oxygen atoms in total. The van der Waals surface area contributed by atoms with Crippen LogP contribution in [0.2, 0.25) is 0 Å². The van der Waals surface area contributed by atoms with Crippen LogP contribution in [0.1, 0.15) is 11.1 Å². The highest BCUT2D eigenvalue weighted by atomic mass is 16.5. The van der Waals surface area contributed by atoms with Crippen molar-refractivity contribution in [3.63, 3.8) is 0 Å². The van der Waals surface area contributed by atoms with E-state index in [2.05, 4.69) is 66.8 Å². The van der Waals surface area contributed by atoms with Gasteiger partial charge in [0.1, 0.15) is 5.75 Å². The number of fused-ring (bicyclic) bond motifs is 1. The van der Waals surface area contributed by atoms with Crippen LogP contribution in [0.5, 0.6) is 5.75 Å². The Balaban J connectivity index is 1.61. The lowest BCUT2D eigenvalue weighted by molar-refractivity contribution is 0.357. The summed E-state index contributed by atoms with van der Waals surface area (Å²) in [5, 5.41) is 3.54. The molecule has 110 valence electrons. The highest BCUT2D eigenvalue weighted by molar-refractivity contribution is 5.69. The number of benzene rings is 2. The number of anilines is 2. The monoisotopic (exact) mass is 282 g/mol. The molecule has 3 rings (SSSR count). The number of nitrogens with zero attached hydrogens (tertiary/aromatic N) is 1. The molecule has 1 heterocycles. The van der Waals surface area contributed by atoms with Gasteiger partial charge >= 0.3 is 0 Å². The molecule has 0 unspecified atom stereocenters. The molecule has 0 bridgehead atoms. The zero-order valence-corrected chi connectivity index (χ0v) is 12.7. The zero-order valence-electron chi connectivity index (χ0n) is 12.7. The molecule has 1 N–H and O–H groups in total. The minimum Gasteiger partial charge on any atom is -0.493 e. The van der Waals surface area contributed by atoms with E-state index in [1.807, 2.05) is 0 Å². The lowest BCUT2D eigenvalue weighted by atomic mass is 10.1. The molecular formula is C18H22N2O. The number of rotatable bonds is 5. The first-order valence-corrected chi connectivity index (χ1v) is 7.49. The lowest BCUT2D eigenvalue weighted by Gasteiger charge is -2.18. The summed E-state index contributed by atoms with van der Waals surface area (Å²) in [7, 11) is 4.14. The fourth-order valence-corrected chi connectivity index (χ4v) is 2.75. The van der Waals surface area contributed by atoms with Crippen LogP contribution in [-0.2, 0) is 12.8 Å². The molecule has 0 amide bonds. The summed E-state index contributed by atoms with van der Waals surface area (Å²) >= 11 is 0. The Morgan fingerprint density at radius 3 is 2.86 bits per heavy atom. The van der Waals surface area contributed by atoms with Crippen molar-refractivity contribution in [2.24, 2.45) is 0 Å². The predicted molar refractivity (Wildman–Crippen MR) is 88.6 cm³/mol. The molecule has 1 aliphatic rings. The Hall–Kier alpha value is -2.16. The maximum Gasteiger partial charge on any atom is 0.122 e. The average Bonchev–Trinajstić information content (AvgIpc) is 2.95. The maximum atomic E-state index is 5.55. The lowest BCUT2D eigenvalue weighted by Crippen LogP contribution is -2.13. The van der Waals surface area contributed by atoms with Gasteiger partial charge in [-0.2, -0.15) is 0 Å². The van der Waals surface area contributed by atoms with Crippen LogP contribution in [0.15, 0.2) is 42.5 Å². The van der Waals surface area contributed by atoms with Crippen LogP contribution in [0.4, 0.5) is 11.4 Å².